The van der Waals surface area contributed by atoms with E-state index in [-0.39, 0.29) is 0 Å². The molecule has 4 heteroatoms. The Morgan fingerprint density at radius 1 is 0.914 bits per heavy atom. The van der Waals surface area contributed by atoms with Crippen molar-refractivity contribution in [3.63, 3.8) is 0 Å². The van der Waals surface area contributed by atoms with Crippen LogP contribution < -0.4 is 0 Å². The molecule has 2 aromatic heterocycles. The number of pyridine rings is 1. The molecular formula is C31H29N3S. The lowest BCUT2D eigenvalue weighted by molar-refractivity contribution is 0.869. The second-order valence-electron chi connectivity index (χ2n) is 9.07. The Labute approximate surface area is 211 Å². The molecule has 0 saturated carbocycles. The predicted molar refractivity (Wildman–Crippen MR) is 150 cm³/mol. The molecule has 0 atom stereocenters. The van der Waals surface area contributed by atoms with Gasteiger partial charge in [-0.25, -0.2) is 4.98 Å². The monoisotopic (exact) mass is 475 g/mol. The summed E-state index contributed by atoms with van der Waals surface area (Å²) in [6, 6.07) is 26.1. The van der Waals surface area contributed by atoms with Crippen LogP contribution in [0.2, 0.25) is 0 Å². The predicted octanol–water partition coefficient (Wildman–Crippen LogP) is 8.07. The van der Waals surface area contributed by atoms with E-state index in [1.54, 1.807) is 11.8 Å². The summed E-state index contributed by atoms with van der Waals surface area (Å²) in [6.45, 7) is 4.48. The van der Waals surface area contributed by atoms with Gasteiger partial charge in [-0.15, -0.1) is 11.8 Å². The van der Waals surface area contributed by atoms with Crippen LogP contribution in [0.3, 0.4) is 0 Å². The zero-order chi connectivity index (χ0) is 24.4. The van der Waals surface area contributed by atoms with Gasteiger partial charge in [0, 0.05) is 47.1 Å². The zero-order valence-electron chi connectivity index (χ0n) is 20.6. The number of thioether (sulfide) groups is 1. The number of imidazole rings is 1. The van der Waals surface area contributed by atoms with Gasteiger partial charge in [0.05, 0.1) is 5.52 Å². The maximum Gasteiger partial charge on any atom is 0.140 e. The molecule has 5 aromatic rings. The first-order valence-electron chi connectivity index (χ1n) is 11.9. The highest BCUT2D eigenvalue weighted by atomic mass is 32.2. The first-order chi connectivity index (χ1) is 17.0. The Kier molecular flexibility index (Phi) is 6.56. The van der Waals surface area contributed by atoms with Crippen molar-refractivity contribution in [1.29, 1.82) is 0 Å². The lowest BCUT2D eigenvalue weighted by Crippen LogP contribution is -1.98. The van der Waals surface area contributed by atoms with Gasteiger partial charge >= 0.3 is 0 Å². The first kappa shape index (κ1) is 23.1. The number of aromatic nitrogens is 3. The van der Waals surface area contributed by atoms with Crippen LogP contribution in [0.5, 0.6) is 0 Å². The van der Waals surface area contributed by atoms with Gasteiger partial charge in [-0.1, -0.05) is 50.2 Å². The van der Waals surface area contributed by atoms with E-state index in [0.29, 0.717) is 5.92 Å². The number of hydrogen-bond donors (Lipinski definition) is 0. The third-order valence-electron chi connectivity index (χ3n) is 6.37. The Morgan fingerprint density at radius 3 is 2.46 bits per heavy atom. The molecule has 2 heterocycles. The van der Waals surface area contributed by atoms with Crippen molar-refractivity contribution in [2.45, 2.75) is 24.7 Å². The van der Waals surface area contributed by atoms with E-state index < -0.39 is 0 Å². The fourth-order valence-electron chi connectivity index (χ4n) is 4.40. The van der Waals surface area contributed by atoms with Crippen LogP contribution >= 0.6 is 11.8 Å². The third-order valence-corrected chi connectivity index (χ3v) is 7.11. The molecule has 0 amide bonds. The Bertz CT molecular complexity index is 1510. The van der Waals surface area contributed by atoms with E-state index in [9.17, 15) is 0 Å². The fourth-order valence-corrected chi connectivity index (χ4v) is 4.81. The number of fused-ring (bicyclic) bond motifs is 1. The van der Waals surface area contributed by atoms with Crippen LogP contribution in [-0.4, -0.2) is 20.8 Å². The van der Waals surface area contributed by atoms with E-state index in [0.717, 1.165) is 28.0 Å². The Morgan fingerprint density at radius 2 is 1.74 bits per heavy atom. The van der Waals surface area contributed by atoms with Crippen LogP contribution in [0.1, 0.15) is 42.3 Å². The van der Waals surface area contributed by atoms with E-state index in [1.165, 1.54) is 27.0 Å². The molecule has 0 unspecified atom stereocenters. The minimum absolute atomic E-state index is 0.445. The van der Waals surface area contributed by atoms with Gasteiger partial charge in [-0.05, 0) is 76.9 Å². The Hall–Kier alpha value is -3.63. The minimum Gasteiger partial charge on any atom is -0.334 e. The van der Waals surface area contributed by atoms with Gasteiger partial charge in [0.2, 0.25) is 0 Å². The molecule has 174 valence electrons. The van der Waals surface area contributed by atoms with Gasteiger partial charge in [-0.2, -0.15) is 0 Å². The van der Waals surface area contributed by atoms with Gasteiger partial charge in [0.1, 0.15) is 5.82 Å². The molecule has 0 spiro atoms. The topological polar surface area (TPSA) is 30.7 Å². The zero-order valence-corrected chi connectivity index (χ0v) is 21.4. The molecule has 0 aliphatic carbocycles. The molecule has 0 aliphatic rings. The Balaban J connectivity index is 1.65. The van der Waals surface area contributed by atoms with E-state index in [2.05, 4.69) is 102 Å². The van der Waals surface area contributed by atoms with Crippen LogP contribution in [-0.2, 0) is 7.05 Å². The number of benzene rings is 3. The molecule has 3 nitrogen and oxygen atoms in total. The summed E-state index contributed by atoms with van der Waals surface area (Å²) in [7, 11) is 2.04. The highest BCUT2D eigenvalue weighted by Crippen LogP contribution is 2.33. The summed E-state index contributed by atoms with van der Waals surface area (Å²) < 4.78 is 2.07. The molecule has 3 aromatic carbocycles. The van der Waals surface area contributed by atoms with E-state index in [4.69, 9.17) is 4.98 Å². The third kappa shape index (κ3) is 4.80. The molecule has 35 heavy (non-hydrogen) atoms. The van der Waals surface area contributed by atoms with Crippen molar-refractivity contribution in [2.24, 2.45) is 7.05 Å². The summed E-state index contributed by atoms with van der Waals surface area (Å²) in [5, 5.41) is 1.18. The number of rotatable bonds is 6. The summed E-state index contributed by atoms with van der Waals surface area (Å²) in [4.78, 5) is 10.6. The molecule has 0 radical (unpaired) electrons. The summed E-state index contributed by atoms with van der Waals surface area (Å²) in [5.74, 6) is 1.39. The molecule has 0 bridgehead atoms. The van der Waals surface area contributed by atoms with Crippen molar-refractivity contribution in [2.75, 3.05) is 6.26 Å². The fraction of sp³-hybridized carbons (Fsp3) is 0.161. The lowest BCUT2D eigenvalue weighted by Gasteiger charge is -2.13. The normalized spacial score (nSPS) is 12.0. The molecule has 5 rings (SSSR count). The van der Waals surface area contributed by atoms with Crippen LogP contribution in [0.4, 0.5) is 0 Å². The van der Waals surface area contributed by atoms with Crippen molar-refractivity contribution in [1.82, 2.24) is 14.5 Å². The van der Waals surface area contributed by atoms with Crippen molar-refractivity contribution in [3.05, 3.63) is 114 Å². The van der Waals surface area contributed by atoms with Crippen LogP contribution in [0, 0.1) is 0 Å². The first-order valence-corrected chi connectivity index (χ1v) is 13.1. The molecule has 0 fully saturated rings. The highest BCUT2D eigenvalue weighted by molar-refractivity contribution is 7.98. The van der Waals surface area contributed by atoms with Gasteiger partial charge < -0.3 is 4.57 Å². The molecule has 0 saturated heterocycles. The maximum atomic E-state index is 4.73. The SMILES string of the molecule is CSc1ccc(/C(=C\c2cccc(-c3cc(C(C)C)cc4cccnc34)c2)c2nccn2C)cc1. The van der Waals surface area contributed by atoms with Crippen molar-refractivity contribution >= 4 is 34.3 Å². The van der Waals surface area contributed by atoms with Gasteiger partial charge in [-0.3, -0.25) is 4.98 Å². The number of hydrogen-bond acceptors (Lipinski definition) is 3. The largest absolute Gasteiger partial charge is 0.334 e. The van der Waals surface area contributed by atoms with Gasteiger partial charge in [0.25, 0.3) is 0 Å². The summed E-state index contributed by atoms with van der Waals surface area (Å²) in [5.41, 5.74) is 8.08. The second kappa shape index (κ2) is 9.93. The molecule has 0 aliphatic heterocycles. The second-order valence-corrected chi connectivity index (χ2v) is 9.95. The minimum atomic E-state index is 0.445. The quantitative estimate of drug-likeness (QED) is 0.184. The maximum absolute atomic E-state index is 4.73. The smallest absolute Gasteiger partial charge is 0.140 e. The lowest BCUT2D eigenvalue weighted by atomic mass is 9.93. The molecular weight excluding hydrogens is 446 g/mol. The van der Waals surface area contributed by atoms with Gasteiger partial charge in [0.15, 0.2) is 0 Å². The summed E-state index contributed by atoms with van der Waals surface area (Å²) >= 11 is 1.75. The van der Waals surface area contributed by atoms with E-state index in [1.807, 2.05) is 31.7 Å². The van der Waals surface area contributed by atoms with Crippen molar-refractivity contribution in [3.8, 4) is 11.1 Å². The van der Waals surface area contributed by atoms with Crippen molar-refractivity contribution < 1.29 is 0 Å². The molecule has 0 N–H and O–H groups in total. The summed E-state index contributed by atoms with van der Waals surface area (Å²) in [6.07, 6.45) is 10.1. The van der Waals surface area contributed by atoms with Crippen LogP contribution in [0.15, 0.2) is 96.3 Å². The van der Waals surface area contributed by atoms with E-state index >= 15 is 0 Å². The average molecular weight is 476 g/mol. The van der Waals surface area contributed by atoms with Crippen LogP contribution in [0.25, 0.3) is 33.7 Å². The number of aryl methyl sites for hydroxylation is 1. The standard InChI is InChI=1S/C31H29N3S/c1-21(2)26-19-25-9-6-14-32-30(25)28(20-26)24-8-5-7-22(17-24)18-29(31-33-15-16-34(31)3)23-10-12-27(35-4)13-11-23/h5-21H,1-4H3/b29-18+. The highest BCUT2D eigenvalue weighted by Gasteiger charge is 2.13. The average Bonchev–Trinajstić information content (AvgIpc) is 3.32. The number of nitrogens with zero attached hydrogens (tertiary/aromatic N) is 3.